The second kappa shape index (κ2) is 6.58. The predicted octanol–water partition coefficient (Wildman–Crippen LogP) is 2.11. The molecule has 1 aromatic carbocycles. The molecule has 1 fully saturated rings. The van der Waals surface area contributed by atoms with Crippen molar-refractivity contribution >= 4 is 5.91 Å². The zero-order chi connectivity index (χ0) is 15.5. The van der Waals surface area contributed by atoms with E-state index in [2.05, 4.69) is 50.4 Å². The molecule has 0 radical (unpaired) electrons. The molecule has 1 aromatic rings. The van der Waals surface area contributed by atoms with E-state index in [4.69, 9.17) is 10.5 Å². The van der Waals surface area contributed by atoms with Gasteiger partial charge in [0.05, 0.1) is 6.10 Å². The lowest BCUT2D eigenvalue weighted by Crippen LogP contribution is -2.35. The molecule has 1 aliphatic rings. The van der Waals surface area contributed by atoms with E-state index in [-0.39, 0.29) is 23.5 Å². The third-order valence-corrected chi connectivity index (χ3v) is 3.95. The highest BCUT2D eigenvalue weighted by molar-refractivity contribution is 5.81. The van der Waals surface area contributed by atoms with Gasteiger partial charge in [0, 0.05) is 13.1 Å². The molecule has 4 nitrogen and oxygen atoms in total. The number of nitrogens with two attached hydrogens (primary N) is 1. The average Bonchev–Trinajstić information content (AvgIpc) is 2.93. The molecule has 0 spiro atoms. The number of nitrogens with one attached hydrogen (secondary N) is 1. The van der Waals surface area contributed by atoms with Gasteiger partial charge in [0.1, 0.15) is 6.10 Å². The van der Waals surface area contributed by atoms with E-state index in [9.17, 15) is 4.79 Å². The number of benzene rings is 1. The lowest BCUT2D eigenvalue weighted by molar-refractivity contribution is -0.132. The highest BCUT2D eigenvalue weighted by Gasteiger charge is 2.29. The summed E-state index contributed by atoms with van der Waals surface area (Å²) in [6, 6.07) is 8.38. The van der Waals surface area contributed by atoms with Gasteiger partial charge >= 0.3 is 0 Å². The molecule has 0 aromatic heterocycles. The van der Waals surface area contributed by atoms with Gasteiger partial charge in [-0.2, -0.15) is 0 Å². The van der Waals surface area contributed by atoms with Gasteiger partial charge in [0.25, 0.3) is 0 Å². The van der Waals surface area contributed by atoms with Gasteiger partial charge in [-0.05, 0) is 29.4 Å². The summed E-state index contributed by atoms with van der Waals surface area (Å²) in [5, 5.41) is 2.94. The minimum Gasteiger partial charge on any atom is -0.364 e. The molecule has 1 amide bonds. The van der Waals surface area contributed by atoms with Crippen molar-refractivity contribution in [2.45, 2.75) is 57.8 Å². The minimum atomic E-state index is -0.340. The van der Waals surface area contributed by atoms with E-state index < -0.39 is 0 Å². The van der Waals surface area contributed by atoms with Gasteiger partial charge in [-0.25, -0.2) is 0 Å². The Morgan fingerprint density at radius 2 is 1.95 bits per heavy atom. The molecule has 1 saturated heterocycles. The summed E-state index contributed by atoms with van der Waals surface area (Å²) >= 11 is 0. The Balaban J connectivity index is 1.84. The normalized spacial score (nSPS) is 22.3. The van der Waals surface area contributed by atoms with Crippen molar-refractivity contribution in [3.63, 3.8) is 0 Å². The summed E-state index contributed by atoms with van der Waals surface area (Å²) in [4.78, 5) is 12.0. The minimum absolute atomic E-state index is 0.0341. The van der Waals surface area contributed by atoms with E-state index >= 15 is 0 Å². The number of ether oxygens (including phenoxy) is 1. The SMILES string of the molecule is CC(C)(C)c1ccc(CNC(=O)[C@@H]2CC[C@H](CN)O2)cc1. The summed E-state index contributed by atoms with van der Waals surface area (Å²) in [5.74, 6) is -0.0363. The first-order valence-electron chi connectivity index (χ1n) is 7.63. The summed E-state index contributed by atoms with van der Waals surface area (Å²) < 4.78 is 5.59. The van der Waals surface area contributed by atoms with Gasteiger partial charge in [-0.15, -0.1) is 0 Å². The van der Waals surface area contributed by atoms with Crippen LogP contribution < -0.4 is 11.1 Å². The Morgan fingerprint density at radius 1 is 1.29 bits per heavy atom. The van der Waals surface area contributed by atoms with Crippen LogP contribution in [0.2, 0.25) is 0 Å². The lowest BCUT2D eigenvalue weighted by Gasteiger charge is -2.19. The molecule has 0 bridgehead atoms. The molecule has 4 heteroatoms. The van der Waals surface area contributed by atoms with Crippen molar-refractivity contribution < 1.29 is 9.53 Å². The maximum atomic E-state index is 12.0. The highest BCUT2D eigenvalue weighted by Crippen LogP contribution is 2.22. The Bertz CT molecular complexity index is 477. The van der Waals surface area contributed by atoms with E-state index in [0.29, 0.717) is 13.1 Å². The van der Waals surface area contributed by atoms with Crippen LogP contribution in [0.1, 0.15) is 44.7 Å². The molecule has 1 aliphatic heterocycles. The van der Waals surface area contributed by atoms with Crippen LogP contribution in [0.5, 0.6) is 0 Å². The summed E-state index contributed by atoms with van der Waals surface area (Å²) in [6.45, 7) is 7.59. The Hall–Kier alpha value is -1.39. The number of carbonyl (C=O) groups excluding carboxylic acids is 1. The molecular weight excluding hydrogens is 264 g/mol. The average molecular weight is 290 g/mol. The first kappa shape index (κ1) is 16.0. The van der Waals surface area contributed by atoms with Crippen LogP contribution in [0.4, 0.5) is 0 Å². The monoisotopic (exact) mass is 290 g/mol. The second-order valence-corrected chi connectivity index (χ2v) is 6.72. The summed E-state index contributed by atoms with van der Waals surface area (Å²) in [6.07, 6.45) is 1.32. The quantitative estimate of drug-likeness (QED) is 0.892. The zero-order valence-corrected chi connectivity index (χ0v) is 13.2. The fraction of sp³-hybridized carbons (Fsp3) is 0.588. The molecule has 2 rings (SSSR count). The van der Waals surface area contributed by atoms with Crippen molar-refractivity contribution in [3.05, 3.63) is 35.4 Å². The third-order valence-electron chi connectivity index (χ3n) is 3.95. The van der Waals surface area contributed by atoms with Crippen LogP contribution in [0.15, 0.2) is 24.3 Å². The van der Waals surface area contributed by atoms with Gasteiger partial charge < -0.3 is 15.8 Å². The predicted molar refractivity (Wildman–Crippen MR) is 83.9 cm³/mol. The van der Waals surface area contributed by atoms with Crippen molar-refractivity contribution in [3.8, 4) is 0 Å². The van der Waals surface area contributed by atoms with Gasteiger partial charge in [0.15, 0.2) is 0 Å². The van der Waals surface area contributed by atoms with Crippen LogP contribution >= 0.6 is 0 Å². The van der Waals surface area contributed by atoms with Crippen LogP contribution in [0.3, 0.4) is 0 Å². The molecule has 2 atom stereocenters. The van der Waals surface area contributed by atoms with Gasteiger partial charge in [-0.1, -0.05) is 45.0 Å². The molecule has 116 valence electrons. The fourth-order valence-corrected chi connectivity index (χ4v) is 2.50. The summed E-state index contributed by atoms with van der Waals surface area (Å²) in [5.41, 5.74) is 8.10. The maximum Gasteiger partial charge on any atom is 0.249 e. The molecule has 1 heterocycles. The highest BCUT2D eigenvalue weighted by atomic mass is 16.5. The standard InChI is InChI=1S/C17H26N2O2/c1-17(2,3)13-6-4-12(5-7-13)11-19-16(20)15-9-8-14(10-18)21-15/h4-7,14-15H,8-11,18H2,1-3H3,(H,19,20)/t14-,15+/m1/s1. The van der Waals surface area contributed by atoms with Crippen molar-refractivity contribution in [2.24, 2.45) is 5.73 Å². The number of amides is 1. The molecule has 21 heavy (non-hydrogen) atoms. The molecule has 3 N–H and O–H groups in total. The van der Waals surface area contributed by atoms with Crippen molar-refractivity contribution in [2.75, 3.05) is 6.54 Å². The Kier molecular flexibility index (Phi) is 5.01. The second-order valence-electron chi connectivity index (χ2n) is 6.72. The number of carbonyl (C=O) groups is 1. The van der Waals surface area contributed by atoms with Gasteiger partial charge in [0.2, 0.25) is 5.91 Å². The number of rotatable bonds is 4. The molecule has 0 saturated carbocycles. The Morgan fingerprint density at radius 3 is 2.48 bits per heavy atom. The van der Waals surface area contributed by atoms with Crippen LogP contribution in [-0.4, -0.2) is 24.7 Å². The third kappa shape index (κ3) is 4.29. The first-order chi connectivity index (χ1) is 9.90. The molecule has 0 unspecified atom stereocenters. The van der Waals surface area contributed by atoms with Crippen LogP contribution in [0, 0.1) is 0 Å². The van der Waals surface area contributed by atoms with Crippen LogP contribution in [-0.2, 0) is 21.5 Å². The number of hydrogen-bond donors (Lipinski definition) is 2. The van der Waals surface area contributed by atoms with E-state index in [0.717, 1.165) is 18.4 Å². The van der Waals surface area contributed by atoms with E-state index in [1.54, 1.807) is 0 Å². The topological polar surface area (TPSA) is 64.4 Å². The first-order valence-corrected chi connectivity index (χ1v) is 7.63. The van der Waals surface area contributed by atoms with Gasteiger partial charge in [-0.3, -0.25) is 4.79 Å². The van der Waals surface area contributed by atoms with Crippen molar-refractivity contribution in [1.82, 2.24) is 5.32 Å². The largest absolute Gasteiger partial charge is 0.364 e. The van der Waals surface area contributed by atoms with E-state index in [1.165, 1.54) is 5.56 Å². The van der Waals surface area contributed by atoms with E-state index in [1.807, 2.05) is 0 Å². The lowest BCUT2D eigenvalue weighted by atomic mass is 9.87. The molecule has 0 aliphatic carbocycles. The van der Waals surface area contributed by atoms with Crippen molar-refractivity contribution in [1.29, 1.82) is 0 Å². The summed E-state index contributed by atoms with van der Waals surface area (Å²) in [7, 11) is 0. The maximum absolute atomic E-state index is 12.0. The smallest absolute Gasteiger partial charge is 0.249 e. The Labute approximate surface area is 127 Å². The van der Waals surface area contributed by atoms with Crippen LogP contribution in [0.25, 0.3) is 0 Å². The number of hydrogen-bond acceptors (Lipinski definition) is 3. The molecular formula is C17H26N2O2. The zero-order valence-electron chi connectivity index (χ0n) is 13.2. The fourth-order valence-electron chi connectivity index (χ4n) is 2.50.